The molecule has 0 fully saturated rings. The Bertz CT molecular complexity index is 527. The Labute approximate surface area is 91.1 Å². The first-order valence-electron chi connectivity index (χ1n) is 4.34. The van der Waals surface area contributed by atoms with Crippen molar-refractivity contribution < 1.29 is 4.79 Å². The van der Waals surface area contributed by atoms with Gasteiger partial charge in [0.1, 0.15) is 5.15 Å². The number of fused-ring (bicyclic) bond motifs is 1. The quantitative estimate of drug-likeness (QED) is 0.778. The van der Waals surface area contributed by atoms with E-state index in [2.05, 4.69) is 9.97 Å². The predicted octanol–water partition coefficient (Wildman–Crippen LogP) is 1.31. The van der Waals surface area contributed by atoms with Gasteiger partial charge in [-0.3, -0.25) is 9.78 Å². The first-order valence-corrected chi connectivity index (χ1v) is 4.72. The van der Waals surface area contributed by atoms with Gasteiger partial charge in [-0.15, -0.1) is 0 Å². The molecule has 0 atom stereocenters. The summed E-state index contributed by atoms with van der Waals surface area (Å²) < 4.78 is 0. The van der Waals surface area contributed by atoms with Gasteiger partial charge >= 0.3 is 0 Å². The van der Waals surface area contributed by atoms with E-state index in [4.69, 9.17) is 17.3 Å². The summed E-state index contributed by atoms with van der Waals surface area (Å²) in [7, 11) is 0. The summed E-state index contributed by atoms with van der Waals surface area (Å²) in [5, 5.41) is 2.08. The Kier molecular flexibility index (Phi) is 2.51. The second kappa shape index (κ2) is 3.82. The largest absolute Gasteiger partial charge is 0.369 e. The molecule has 2 N–H and O–H groups in total. The number of hydrogen-bond acceptors (Lipinski definition) is 3. The fourth-order valence-corrected chi connectivity index (χ4v) is 1.57. The summed E-state index contributed by atoms with van der Waals surface area (Å²) in [5.74, 6) is -0.401. The maximum absolute atomic E-state index is 10.7. The van der Waals surface area contributed by atoms with Crippen molar-refractivity contribution in [1.29, 1.82) is 0 Å². The maximum atomic E-state index is 10.7. The standard InChI is InChI=1S/C10H8ClN3O/c11-10-8-5-14-7(4-9(12)15)3-6(8)1-2-13-10/h1-3,5H,4H2,(H2,12,15). The zero-order valence-corrected chi connectivity index (χ0v) is 8.53. The van der Waals surface area contributed by atoms with Crippen molar-refractivity contribution in [1.82, 2.24) is 9.97 Å². The smallest absolute Gasteiger partial charge is 0.223 e. The van der Waals surface area contributed by atoms with Crippen LogP contribution in [0.25, 0.3) is 10.8 Å². The van der Waals surface area contributed by atoms with E-state index in [9.17, 15) is 4.79 Å². The number of primary amides is 1. The lowest BCUT2D eigenvalue weighted by molar-refractivity contribution is -0.117. The Hall–Kier alpha value is -1.68. The van der Waals surface area contributed by atoms with E-state index >= 15 is 0 Å². The van der Waals surface area contributed by atoms with Crippen LogP contribution < -0.4 is 5.73 Å². The summed E-state index contributed by atoms with van der Waals surface area (Å²) in [6, 6.07) is 3.60. The number of amides is 1. The zero-order valence-electron chi connectivity index (χ0n) is 7.77. The first kappa shape index (κ1) is 9.86. The molecule has 5 heteroatoms. The van der Waals surface area contributed by atoms with Crippen molar-refractivity contribution in [2.24, 2.45) is 5.73 Å². The molecule has 0 bridgehead atoms. The van der Waals surface area contributed by atoms with E-state index in [0.29, 0.717) is 10.8 Å². The maximum Gasteiger partial charge on any atom is 0.223 e. The number of carbonyl (C=O) groups excluding carboxylic acids is 1. The third-order valence-electron chi connectivity index (χ3n) is 2.01. The zero-order chi connectivity index (χ0) is 10.8. The van der Waals surface area contributed by atoms with Gasteiger partial charge in [0, 0.05) is 17.8 Å². The van der Waals surface area contributed by atoms with E-state index in [1.807, 2.05) is 6.07 Å². The minimum atomic E-state index is -0.401. The van der Waals surface area contributed by atoms with Crippen LogP contribution in [-0.2, 0) is 11.2 Å². The molecule has 0 aromatic carbocycles. The van der Waals surface area contributed by atoms with Gasteiger partial charge in [-0.1, -0.05) is 11.6 Å². The second-order valence-corrected chi connectivity index (χ2v) is 3.50. The van der Waals surface area contributed by atoms with Gasteiger partial charge in [-0.25, -0.2) is 4.98 Å². The van der Waals surface area contributed by atoms with Crippen LogP contribution in [-0.4, -0.2) is 15.9 Å². The number of nitrogens with two attached hydrogens (primary N) is 1. The van der Waals surface area contributed by atoms with Crippen LogP contribution in [0.4, 0.5) is 0 Å². The van der Waals surface area contributed by atoms with Crippen molar-refractivity contribution >= 4 is 28.3 Å². The van der Waals surface area contributed by atoms with Crippen molar-refractivity contribution in [3.05, 3.63) is 35.4 Å². The van der Waals surface area contributed by atoms with Crippen molar-refractivity contribution in [2.75, 3.05) is 0 Å². The lowest BCUT2D eigenvalue weighted by Crippen LogP contribution is -2.14. The number of rotatable bonds is 2. The molecule has 0 aliphatic heterocycles. The summed E-state index contributed by atoms with van der Waals surface area (Å²) in [6.45, 7) is 0. The van der Waals surface area contributed by atoms with E-state index in [1.54, 1.807) is 18.5 Å². The van der Waals surface area contributed by atoms with Crippen molar-refractivity contribution in [2.45, 2.75) is 6.42 Å². The van der Waals surface area contributed by atoms with Gasteiger partial charge in [0.05, 0.1) is 12.1 Å². The number of halogens is 1. The van der Waals surface area contributed by atoms with Crippen LogP contribution >= 0.6 is 11.6 Å². The summed E-state index contributed by atoms with van der Waals surface area (Å²) in [5.41, 5.74) is 5.72. The number of hydrogen-bond donors (Lipinski definition) is 1. The molecular weight excluding hydrogens is 214 g/mol. The molecule has 2 heterocycles. The highest BCUT2D eigenvalue weighted by Gasteiger charge is 2.04. The lowest BCUT2D eigenvalue weighted by atomic mass is 10.2. The molecule has 2 aromatic rings. The van der Waals surface area contributed by atoms with Gasteiger partial charge in [-0.05, 0) is 17.5 Å². The molecule has 0 aliphatic rings. The van der Waals surface area contributed by atoms with Crippen LogP contribution in [0.15, 0.2) is 24.5 Å². The molecule has 0 spiro atoms. The molecule has 0 radical (unpaired) electrons. The molecule has 1 amide bonds. The van der Waals surface area contributed by atoms with E-state index in [-0.39, 0.29) is 6.42 Å². The highest BCUT2D eigenvalue weighted by Crippen LogP contribution is 2.20. The number of carbonyl (C=O) groups is 1. The van der Waals surface area contributed by atoms with Crippen LogP contribution in [0.3, 0.4) is 0 Å². The fraction of sp³-hybridized carbons (Fsp3) is 0.100. The molecule has 15 heavy (non-hydrogen) atoms. The average Bonchev–Trinajstić information content (AvgIpc) is 2.17. The Morgan fingerprint density at radius 2 is 2.27 bits per heavy atom. The van der Waals surface area contributed by atoms with Crippen LogP contribution in [0.5, 0.6) is 0 Å². The van der Waals surface area contributed by atoms with E-state index < -0.39 is 5.91 Å². The molecule has 2 rings (SSSR count). The monoisotopic (exact) mass is 221 g/mol. The van der Waals surface area contributed by atoms with E-state index in [0.717, 1.165) is 10.8 Å². The third-order valence-corrected chi connectivity index (χ3v) is 2.31. The molecule has 0 unspecified atom stereocenters. The third kappa shape index (κ3) is 2.05. The SMILES string of the molecule is NC(=O)Cc1cc2ccnc(Cl)c2cn1. The summed E-state index contributed by atoms with van der Waals surface area (Å²) in [4.78, 5) is 18.7. The lowest BCUT2D eigenvalue weighted by Gasteiger charge is -2.01. The van der Waals surface area contributed by atoms with Gasteiger partial charge in [0.2, 0.25) is 5.91 Å². The highest BCUT2D eigenvalue weighted by molar-refractivity contribution is 6.34. The van der Waals surface area contributed by atoms with Gasteiger partial charge in [0.25, 0.3) is 0 Å². The Morgan fingerprint density at radius 1 is 1.47 bits per heavy atom. The van der Waals surface area contributed by atoms with Crippen LogP contribution in [0.1, 0.15) is 5.69 Å². The van der Waals surface area contributed by atoms with Crippen molar-refractivity contribution in [3.63, 3.8) is 0 Å². The topological polar surface area (TPSA) is 68.9 Å². The van der Waals surface area contributed by atoms with Gasteiger partial charge < -0.3 is 5.73 Å². The van der Waals surface area contributed by atoms with Crippen molar-refractivity contribution in [3.8, 4) is 0 Å². The Morgan fingerprint density at radius 3 is 3.00 bits per heavy atom. The molecule has 4 nitrogen and oxygen atoms in total. The summed E-state index contributed by atoms with van der Waals surface area (Å²) >= 11 is 5.87. The molecule has 2 aromatic heterocycles. The van der Waals surface area contributed by atoms with E-state index in [1.165, 1.54) is 0 Å². The predicted molar refractivity (Wildman–Crippen MR) is 57.4 cm³/mol. The normalized spacial score (nSPS) is 10.5. The minimum Gasteiger partial charge on any atom is -0.369 e. The number of pyridine rings is 2. The number of aromatic nitrogens is 2. The Balaban J connectivity index is 2.52. The molecule has 0 saturated heterocycles. The highest BCUT2D eigenvalue weighted by atomic mass is 35.5. The molecule has 76 valence electrons. The average molecular weight is 222 g/mol. The first-order chi connectivity index (χ1) is 7.16. The summed E-state index contributed by atoms with van der Waals surface area (Å²) in [6.07, 6.45) is 3.34. The second-order valence-electron chi connectivity index (χ2n) is 3.14. The van der Waals surface area contributed by atoms with Gasteiger partial charge in [0.15, 0.2) is 0 Å². The van der Waals surface area contributed by atoms with Crippen LogP contribution in [0.2, 0.25) is 5.15 Å². The number of nitrogens with zero attached hydrogens (tertiary/aromatic N) is 2. The van der Waals surface area contributed by atoms with Crippen LogP contribution in [0, 0.1) is 0 Å². The van der Waals surface area contributed by atoms with Gasteiger partial charge in [-0.2, -0.15) is 0 Å². The molecular formula is C10H8ClN3O. The molecule has 0 aliphatic carbocycles. The minimum absolute atomic E-state index is 0.135. The fourth-order valence-electron chi connectivity index (χ4n) is 1.35. The molecule has 0 saturated carbocycles.